The molecule has 0 saturated heterocycles. The first-order chi connectivity index (χ1) is 13.7. The Balaban J connectivity index is 1.40. The third-order valence-electron chi connectivity index (χ3n) is 7.01. The van der Waals surface area contributed by atoms with Crippen molar-refractivity contribution < 1.29 is 8.78 Å². The van der Waals surface area contributed by atoms with Gasteiger partial charge in [-0.3, -0.25) is 0 Å². The highest BCUT2D eigenvalue weighted by molar-refractivity contribution is 5.36. The van der Waals surface area contributed by atoms with Crippen LogP contribution in [0.5, 0.6) is 0 Å². The molecule has 0 aromatic heterocycles. The summed E-state index contributed by atoms with van der Waals surface area (Å²) in [5, 5.41) is 0. The van der Waals surface area contributed by atoms with Gasteiger partial charge in [0.25, 0.3) is 0 Å². The Morgan fingerprint density at radius 1 is 0.857 bits per heavy atom. The van der Waals surface area contributed by atoms with Crippen molar-refractivity contribution >= 4 is 0 Å². The van der Waals surface area contributed by atoms with Gasteiger partial charge >= 0.3 is 0 Å². The monoisotopic (exact) mass is 380 g/mol. The Hall–Kier alpha value is -1.96. The van der Waals surface area contributed by atoms with Gasteiger partial charge in [-0.25, -0.2) is 8.78 Å². The Labute approximate surface area is 167 Å². The number of benzene rings is 2. The van der Waals surface area contributed by atoms with Crippen LogP contribution in [0, 0.1) is 17.6 Å². The minimum atomic E-state index is -0.724. The molecule has 1 saturated carbocycles. The zero-order chi connectivity index (χ0) is 19.5. The molecule has 0 N–H and O–H groups in total. The molecule has 0 bridgehead atoms. The summed E-state index contributed by atoms with van der Waals surface area (Å²) >= 11 is 0. The van der Waals surface area contributed by atoms with E-state index in [1.807, 2.05) is 6.08 Å². The van der Waals surface area contributed by atoms with Crippen molar-refractivity contribution in [3.05, 3.63) is 82.9 Å². The minimum Gasteiger partial charge on any atom is -0.204 e. The van der Waals surface area contributed by atoms with E-state index in [2.05, 4.69) is 30.8 Å². The van der Waals surface area contributed by atoms with Crippen molar-refractivity contribution in [2.75, 3.05) is 0 Å². The molecule has 2 aliphatic carbocycles. The SMILES string of the molecule is C=CCCC1CCC(c2ccc(C3CCc4ccc(F)c(F)c4C3)cc2)CC1. The zero-order valence-corrected chi connectivity index (χ0v) is 16.6. The van der Waals surface area contributed by atoms with E-state index in [0.717, 1.165) is 30.7 Å². The van der Waals surface area contributed by atoms with Gasteiger partial charge in [0.05, 0.1) is 0 Å². The normalized spacial score (nSPS) is 24.6. The second-order valence-electron chi connectivity index (χ2n) is 8.69. The van der Waals surface area contributed by atoms with Gasteiger partial charge in [-0.15, -0.1) is 6.58 Å². The summed E-state index contributed by atoms with van der Waals surface area (Å²) in [5.41, 5.74) is 4.26. The average molecular weight is 381 g/mol. The van der Waals surface area contributed by atoms with E-state index in [9.17, 15) is 8.78 Å². The van der Waals surface area contributed by atoms with Crippen molar-refractivity contribution in [2.45, 2.75) is 69.6 Å². The maximum Gasteiger partial charge on any atom is 0.162 e. The van der Waals surface area contributed by atoms with E-state index >= 15 is 0 Å². The molecule has 2 aromatic carbocycles. The summed E-state index contributed by atoms with van der Waals surface area (Å²) in [6.45, 7) is 3.84. The summed E-state index contributed by atoms with van der Waals surface area (Å²) in [6, 6.07) is 12.0. The molecule has 0 nitrogen and oxygen atoms in total. The van der Waals surface area contributed by atoms with Gasteiger partial charge in [-0.2, -0.15) is 0 Å². The van der Waals surface area contributed by atoms with Crippen LogP contribution in [0.2, 0.25) is 0 Å². The van der Waals surface area contributed by atoms with Gasteiger partial charge in [0, 0.05) is 0 Å². The number of rotatable bonds is 5. The summed E-state index contributed by atoms with van der Waals surface area (Å²) < 4.78 is 27.8. The molecular weight excluding hydrogens is 350 g/mol. The highest BCUT2D eigenvalue weighted by atomic mass is 19.2. The van der Waals surface area contributed by atoms with Crippen LogP contribution < -0.4 is 0 Å². The van der Waals surface area contributed by atoms with Crippen LogP contribution in [0.3, 0.4) is 0 Å². The molecule has 28 heavy (non-hydrogen) atoms. The molecule has 0 aliphatic heterocycles. The van der Waals surface area contributed by atoms with Gasteiger partial charge < -0.3 is 0 Å². The van der Waals surface area contributed by atoms with Gasteiger partial charge in [0.1, 0.15) is 0 Å². The predicted molar refractivity (Wildman–Crippen MR) is 112 cm³/mol. The topological polar surface area (TPSA) is 0 Å². The van der Waals surface area contributed by atoms with Gasteiger partial charge in [0.2, 0.25) is 0 Å². The lowest BCUT2D eigenvalue weighted by Gasteiger charge is -2.29. The molecule has 0 amide bonds. The maximum atomic E-state index is 14.2. The Morgan fingerprint density at radius 2 is 1.54 bits per heavy atom. The lowest BCUT2D eigenvalue weighted by Crippen LogP contribution is -2.16. The number of aryl methyl sites for hydroxylation is 1. The summed E-state index contributed by atoms with van der Waals surface area (Å²) in [6.07, 6.45) is 12.1. The first-order valence-corrected chi connectivity index (χ1v) is 10.8. The maximum absolute atomic E-state index is 14.2. The van der Waals surface area contributed by atoms with E-state index < -0.39 is 11.6 Å². The zero-order valence-electron chi connectivity index (χ0n) is 16.6. The van der Waals surface area contributed by atoms with E-state index in [-0.39, 0.29) is 5.92 Å². The van der Waals surface area contributed by atoms with Crippen molar-refractivity contribution in [1.29, 1.82) is 0 Å². The molecular formula is C26H30F2. The van der Waals surface area contributed by atoms with Crippen LogP contribution in [0.1, 0.15) is 79.0 Å². The second kappa shape index (κ2) is 8.59. The Kier molecular flexibility index (Phi) is 5.94. The fourth-order valence-electron chi connectivity index (χ4n) is 5.23. The predicted octanol–water partition coefficient (Wildman–Crippen LogP) is 7.48. The molecule has 2 heteroatoms. The number of hydrogen-bond donors (Lipinski definition) is 0. The quantitative estimate of drug-likeness (QED) is 0.472. The molecule has 1 unspecified atom stereocenters. The average Bonchev–Trinajstić information content (AvgIpc) is 2.75. The summed E-state index contributed by atoms with van der Waals surface area (Å²) in [4.78, 5) is 0. The molecule has 0 radical (unpaired) electrons. The molecule has 2 aliphatic rings. The first kappa shape index (κ1) is 19.4. The van der Waals surface area contributed by atoms with Crippen LogP contribution in [-0.2, 0) is 12.8 Å². The van der Waals surface area contributed by atoms with Crippen molar-refractivity contribution in [3.63, 3.8) is 0 Å². The van der Waals surface area contributed by atoms with Crippen LogP contribution in [0.4, 0.5) is 8.78 Å². The molecule has 4 rings (SSSR count). The van der Waals surface area contributed by atoms with Crippen molar-refractivity contribution in [2.24, 2.45) is 5.92 Å². The Bertz CT molecular complexity index is 813. The summed E-state index contributed by atoms with van der Waals surface area (Å²) in [5.74, 6) is 0.455. The minimum absolute atomic E-state index is 0.285. The van der Waals surface area contributed by atoms with Crippen molar-refractivity contribution in [3.8, 4) is 0 Å². The van der Waals surface area contributed by atoms with Gasteiger partial charge in [-0.05, 0) is 104 Å². The van der Waals surface area contributed by atoms with E-state index in [1.165, 1.54) is 49.3 Å². The smallest absolute Gasteiger partial charge is 0.162 e. The molecule has 148 valence electrons. The molecule has 2 aromatic rings. The number of hydrogen-bond acceptors (Lipinski definition) is 0. The highest BCUT2D eigenvalue weighted by Gasteiger charge is 2.25. The number of allylic oxidation sites excluding steroid dienone is 1. The fraction of sp³-hybridized carbons (Fsp3) is 0.462. The van der Waals surface area contributed by atoms with E-state index in [4.69, 9.17) is 0 Å². The lowest BCUT2D eigenvalue weighted by molar-refractivity contribution is 0.312. The second-order valence-corrected chi connectivity index (χ2v) is 8.69. The highest BCUT2D eigenvalue weighted by Crippen LogP contribution is 2.39. The van der Waals surface area contributed by atoms with Gasteiger partial charge in [-0.1, -0.05) is 36.4 Å². The van der Waals surface area contributed by atoms with E-state index in [0.29, 0.717) is 17.9 Å². The van der Waals surface area contributed by atoms with Gasteiger partial charge in [0.15, 0.2) is 11.6 Å². The van der Waals surface area contributed by atoms with Crippen LogP contribution in [0.25, 0.3) is 0 Å². The number of fused-ring (bicyclic) bond motifs is 1. The largest absolute Gasteiger partial charge is 0.204 e. The molecule has 0 spiro atoms. The van der Waals surface area contributed by atoms with Crippen LogP contribution in [0.15, 0.2) is 49.1 Å². The molecule has 1 fully saturated rings. The fourth-order valence-corrected chi connectivity index (χ4v) is 5.23. The van der Waals surface area contributed by atoms with Crippen LogP contribution >= 0.6 is 0 Å². The third kappa shape index (κ3) is 4.06. The molecule has 0 heterocycles. The molecule has 1 atom stereocenters. The lowest BCUT2D eigenvalue weighted by atomic mass is 9.76. The third-order valence-corrected chi connectivity index (χ3v) is 7.01. The number of halogens is 2. The Morgan fingerprint density at radius 3 is 2.21 bits per heavy atom. The standard InChI is InChI=1S/C26H30F2/c1-2-3-4-18-5-7-19(8-6-18)20-9-11-21(12-10-20)23-14-13-22-15-16-25(27)26(28)24(22)17-23/h2,9-12,15-16,18-19,23H,1,3-8,13-14,17H2. The van der Waals surface area contributed by atoms with Crippen LogP contribution in [-0.4, -0.2) is 0 Å². The summed E-state index contributed by atoms with van der Waals surface area (Å²) in [7, 11) is 0. The first-order valence-electron chi connectivity index (χ1n) is 10.8. The van der Waals surface area contributed by atoms with Crippen molar-refractivity contribution in [1.82, 2.24) is 0 Å². The van der Waals surface area contributed by atoms with E-state index in [1.54, 1.807) is 6.07 Å².